The highest BCUT2D eigenvalue weighted by Crippen LogP contribution is 2.38. The number of carbonyl (C=O) groups excluding carboxylic acids is 1. The van der Waals surface area contributed by atoms with E-state index in [4.69, 9.17) is 9.84 Å². The van der Waals surface area contributed by atoms with Gasteiger partial charge < -0.3 is 20.1 Å². The number of nitrogens with one attached hydrogen (secondary N) is 1. The molecule has 6 nitrogen and oxygen atoms in total. The van der Waals surface area contributed by atoms with Gasteiger partial charge >= 0.3 is 18.2 Å². The van der Waals surface area contributed by atoms with Crippen molar-refractivity contribution < 1.29 is 37.0 Å². The molecule has 148 valence electrons. The van der Waals surface area contributed by atoms with Gasteiger partial charge in [-0.15, -0.1) is 0 Å². The SMILES string of the molecule is O=C(O)[C@@H]1CN(C(=O)Nc2ccc(F)cc2OCC2CC2)C[C@H]1C(F)(F)F. The number of carboxylic acid groups (broad SMARTS) is 1. The molecule has 0 bridgehead atoms. The van der Waals surface area contributed by atoms with E-state index in [0.717, 1.165) is 29.9 Å². The van der Waals surface area contributed by atoms with Crippen molar-refractivity contribution in [1.82, 2.24) is 4.90 Å². The van der Waals surface area contributed by atoms with Crippen LogP contribution in [0.1, 0.15) is 12.8 Å². The molecule has 3 rings (SSSR count). The highest BCUT2D eigenvalue weighted by atomic mass is 19.4. The molecule has 0 spiro atoms. The Morgan fingerprint density at radius 3 is 2.52 bits per heavy atom. The zero-order valence-electron chi connectivity index (χ0n) is 14.1. The normalized spacial score (nSPS) is 22.6. The minimum Gasteiger partial charge on any atom is -0.491 e. The van der Waals surface area contributed by atoms with Crippen molar-refractivity contribution in [3.05, 3.63) is 24.0 Å². The molecule has 1 aliphatic heterocycles. The first-order chi connectivity index (χ1) is 12.6. The van der Waals surface area contributed by atoms with Gasteiger partial charge in [-0.3, -0.25) is 4.79 Å². The number of ether oxygens (including phenoxy) is 1. The Morgan fingerprint density at radius 2 is 1.96 bits per heavy atom. The zero-order chi connectivity index (χ0) is 19.8. The van der Waals surface area contributed by atoms with Crippen LogP contribution in [0.3, 0.4) is 0 Å². The van der Waals surface area contributed by atoms with Crippen molar-refractivity contribution in [3.8, 4) is 5.75 Å². The molecule has 1 saturated heterocycles. The van der Waals surface area contributed by atoms with Crippen molar-refractivity contribution in [1.29, 1.82) is 0 Å². The highest BCUT2D eigenvalue weighted by Gasteiger charge is 2.53. The van der Waals surface area contributed by atoms with Gasteiger partial charge in [0.15, 0.2) is 0 Å². The molecule has 2 N–H and O–H groups in total. The van der Waals surface area contributed by atoms with E-state index >= 15 is 0 Å². The van der Waals surface area contributed by atoms with Crippen LogP contribution in [0.4, 0.5) is 28.0 Å². The molecule has 2 fully saturated rings. The van der Waals surface area contributed by atoms with E-state index in [1.54, 1.807) is 0 Å². The minimum absolute atomic E-state index is 0.0802. The van der Waals surface area contributed by atoms with E-state index in [1.807, 2.05) is 0 Å². The van der Waals surface area contributed by atoms with Crippen LogP contribution in [0.25, 0.3) is 0 Å². The van der Waals surface area contributed by atoms with Crippen molar-refractivity contribution in [2.45, 2.75) is 19.0 Å². The summed E-state index contributed by atoms with van der Waals surface area (Å²) in [5, 5.41) is 11.4. The maximum atomic E-state index is 13.5. The first kappa shape index (κ1) is 19.2. The number of amides is 2. The van der Waals surface area contributed by atoms with Crippen LogP contribution in [0.2, 0.25) is 0 Å². The quantitative estimate of drug-likeness (QED) is 0.756. The molecule has 2 atom stereocenters. The second-order valence-electron chi connectivity index (χ2n) is 6.82. The summed E-state index contributed by atoms with van der Waals surface area (Å²) in [4.78, 5) is 24.3. The predicted molar refractivity (Wildman–Crippen MR) is 85.9 cm³/mol. The Hall–Kier alpha value is -2.52. The molecule has 1 aliphatic carbocycles. The van der Waals surface area contributed by atoms with Gasteiger partial charge in [0.25, 0.3) is 0 Å². The number of anilines is 1. The molecule has 1 aromatic carbocycles. The van der Waals surface area contributed by atoms with Gasteiger partial charge in [-0.05, 0) is 30.9 Å². The lowest BCUT2D eigenvalue weighted by atomic mass is 9.96. The number of halogens is 4. The largest absolute Gasteiger partial charge is 0.491 e. The number of alkyl halides is 3. The van der Waals surface area contributed by atoms with E-state index in [1.165, 1.54) is 6.07 Å². The van der Waals surface area contributed by atoms with Crippen LogP contribution in [0.15, 0.2) is 18.2 Å². The Morgan fingerprint density at radius 1 is 1.26 bits per heavy atom. The van der Waals surface area contributed by atoms with Crippen LogP contribution in [0.5, 0.6) is 5.75 Å². The summed E-state index contributed by atoms with van der Waals surface area (Å²) in [6, 6.07) is 2.53. The standard InChI is InChI=1S/C17H18F4N2O4/c18-10-3-4-13(14(5-10)27-8-9-1-2-9)22-16(26)23-6-11(15(24)25)12(7-23)17(19,20)21/h3-5,9,11-12H,1-2,6-8H2,(H,22,26)(H,24,25)/t11-,12-/m1/s1. The zero-order valence-corrected chi connectivity index (χ0v) is 14.1. The summed E-state index contributed by atoms with van der Waals surface area (Å²) >= 11 is 0. The number of rotatable bonds is 5. The van der Waals surface area contributed by atoms with Crippen LogP contribution in [-0.4, -0.2) is 47.9 Å². The minimum atomic E-state index is -4.73. The van der Waals surface area contributed by atoms with Gasteiger partial charge in [0.1, 0.15) is 11.6 Å². The summed E-state index contributed by atoms with van der Waals surface area (Å²) < 4.78 is 58.1. The summed E-state index contributed by atoms with van der Waals surface area (Å²) in [7, 11) is 0. The van der Waals surface area contributed by atoms with Gasteiger partial charge in [0.2, 0.25) is 0 Å². The lowest BCUT2D eigenvalue weighted by molar-refractivity contribution is -0.187. The second kappa shape index (κ2) is 7.24. The Labute approximate surface area is 152 Å². The van der Waals surface area contributed by atoms with Crippen molar-refractivity contribution >= 4 is 17.7 Å². The number of likely N-dealkylation sites (tertiary alicyclic amines) is 1. The number of benzene rings is 1. The number of carbonyl (C=O) groups is 2. The van der Waals surface area contributed by atoms with E-state index in [9.17, 15) is 27.2 Å². The topological polar surface area (TPSA) is 78.9 Å². The van der Waals surface area contributed by atoms with E-state index in [0.29, 0.717) is 12.5 Å². The first-order valence-electron chi connectivity index (χ1n) is 8.43. The number of urea groups is 1. The predicted octanol–water partition coefficient (Wildman–Crippen LogP) is 3.34. The summed E-state index contributed by atoms with van der Waals surface area (Å²) in [5.74, 6) is -5.60. The van der Waals surface area contributed by atoms with Crippen molar-refractivity contribution in [2.75, 3.05) is 25.0 Å². The number of nitrogens with zero attached hydrogens (tertiary/aromatic N) is 1. The van der Waals surface area contributed by atoms with Crippen molar-refractivity contribution in [2.24, 2.45) is 17.8 Å². The lowest BCUT2D eigenvalue weighted by Crippen LogP contribution is -2.35. The van der Waals surface area contributed by atoms with Crippen molar-refractivity contribution in [3.63, 3.8) is 0 Å². The molecule has 2 amide bonds. The van der Waals surface area contributed by atoms with Crippen LogP contribution < -0.4 is 10.1 Å². The molecule has 0 unspecified atom stereocenters. The smallest absolute Gasteiger partial charge is 0.394 e. The third-order valence-electron chi connectivity index (χ3n) is 4.70. The van der Waals surface area contributed by atoms with E-state index in [-0.39, 0.29) is 11.4 Å². The number of carboxylic acids is 1. The fourth-order valence-electron chi connectivity index (χ4n) is 2.96. The summed E-state index contributed by atoms with van der Waals surface area (Å²) in [6.45, 7) is -0.968. The van der Waals surface area contributed by atoms with Gasteiger partial charge in [0.05, 0.1) is 24.1 Å². The third kappa shape index (κ3) is 4.61. The second-order valence-corrected chi connectivity index (χ2v) is 6.82. The monoisotopic (exact) mass is 390 g/mol. The lowest BCUT2D eigenvalue weighted by Gasteiger charge is -2.19. The molecule has 10 heteroatoms. The molecule has 27 heavy (non-hydrogen) atoms. The molecule has 1 aromatic rings. The Balaban J connectivity index is 1.70. The molecule has 1 heterocycles. The first-order valence-corrected chi connectivity index (χ1v) is 8.43. The average Bonchev–Trinajstić information content (AvgIpc) is 3.28. The molecular formula is C17H18F4N2O4. The highest BCUT2D eigenvalue weighted by molar-refractivity contribution is 5.91. The maximum Gasteiger partial charge on any atom is 0.394 e. The summed E-state index contributed by atoms with van der Waals surface area (Å²) in [5.41, 5.74) is 0.115. The molecule has 0 aromatic heterocycles. The van der Waals surface area contributed by atoms with Crippen LogP contribution >= 0.6 is 0 Å². The van der Waals surface area contributed by atoms with Crippen LogP contribution in [-0.2, 0) is 4.79 Å². The molecule has 2 aliphatic rings. The van der Waals surface area contributed by atoms with Crippen LogP contribution in [0, 0.1) is 23.6 Å². The van der Waals surface area contributed by atoms with Gasteiger partial charge in [-0.25, -0.2) is 9.18 Å². The number of aliphatic carboxylic acids is 1. The van der Waals surface area contributed by atoms with E-state index < -0.39 is 48.9 Å². The Bertz CT molecular complexity index is 736. The molecular weight excluding hydrogens is 372 g/mol. The van der Waals surface area contributed by atoms with Gasteiger partial charge in [-0.2, -0.15) is 13.2 Å². The number of hydrogen-bond donors (Lipinski definition) is 2. The van der Waals surface area contributed by atoms with E-state index in [2.05, 4.69) is 5.32 Å². The fourth-order valence-corrected chi connectivity index (χ4v) is 2.96. The molecule has 0 radical (unpaired) electrons. The van der Waals surface area contributed by atoms with Gasteiger partial charge in [0, 0.05) is 19.2 Å². The van der Waals surface area contributed by atoms with Gasteiger partial charge in [-0.1, -0.05) is 0 Å². The Kier molecular flexibility index (Phi) is 5.16. The fraction of sp³-hybridized carbons (Fsp3) is 0.529. The number of hydrogen-bond acceptors (Lipinski definition) is 3. The third-order valence-corrected chi connectivity index (χ3v) is 4.70. The molecule has 1 saturated carbocycles. The maximum absolute atomic E-state index is 13.5. The summed E-state index contributed by atoms with van der Waals surface area (Å²) in [6.07, 6.45) is -2.73. The average molecular weight is 390 g/mol.